The number of hydrogen-bond acceptors (Lipinski definition) is 3. The van der Waals surface area contributed by atoms with Gasteiger partial charge in [0.2, 0.25) is 0 Å². The first-order valence-corrected chi connectivity index (χ1v) is 10.6. The van der Waals surface area contributed by atoms with Gasteiger partial charge in [0.1, 0.15) is 0 Å². The summed E-state index contributed by atoms with van der Waals surface area (Å²) >= 11 is 0. The lowest BCUT2D eigenvalue weighted by molar-refractivity contribution is 0.0912. The number of aromatic nitrogens is 2. The van der Waals surface area contributed by atoms with E-state index in [1.54, 1.807) is 12.4 Å². The molecule has 31 heavy (non-hydrogen) atoms. The largest absolute Gasteiger partial charge is 0.356 e. The van der Waals surface area contributed by atoms with Gasteiger partial charge in [-0.3, -0.25) is 9.78 Å². The standard InChI is InChI=1S/C27H25N3O/c1-27(2)16-22-24(23(31)17-27)26(25(30-22)20-12-14-28-15-13-20)29-21-10-8-19(9-11-21)18-6-4-3-5-7-18/h3-15,29-30H,16-17H2,1-2H3. The van der Waals surface area contributed by atoms with E-state index in [0.717, 1.165) is 45.9 Å². The fourth-order valence-electron chi connectivity index (χ4n) is 4.44. The van der Waals surface area contributed by atoms with Crippen molar-refractivity contribution >= 4 is 17.2 Å². The molecule has 0 bridgehead atoms. The molecule has 1 aliphatic rings. The molecule has 0 spiro atoms. The van der Waals surface area contributed by atoms with Crippen LogP contribution >= 0.6 is 0 Å². The lowest BCUT2D eigenvalue weighted by Gasteiger charge is -2.28. The number of hydrogen-bond donors (Lipinski definition) is 2. The van der Waals surface area contributed by atoms with Gasteiger partial charge in [0.15, 0.2) is 5.78 Å². The Kier molecular flexibility index (Phi) is 4.70. The number of carbonyl (C=O) groups is 1. The molecule has 5 rings (SSSR count). The summed E-state index contributed by atoms with van der Waals surface area (Å²) in [5, 5.41) is 3.54. The molecule has 0 radical (unpaired) electrons. The molecule has 0 fully saturated rings. The van der Waals surface area contributed by atoms with Gasteiger partial charge in [-0.1, -0.05) is 56.3 Å². The molecule has 2 aromatic carbocycles. The monoisotopic (exact) mass is 407 g/mol. The highest BCUT2D eigenvalue weighted by molar-refractivity contribution is 6.07. The number of anilines is 2. The van der Waals surface area contributed by atoms with E-state index in [1.807, 2.05) is 30.3 Å². The molecule has 4 nitrogen and oxygen atoms in total. The van der Waals surface area contributed by atoms with Gasteiger partial charge < -0.3 is 10.3 Å². The minimum absolute atomic E-state index is 0.0426. The summed E-state index contributed by atoms with van der Waals surface area (Å²) in [6, 6.07) is 22.6. The molecule has 0 amide bonds. The number of H-pyrrole nitrogens is 1. The third kappa shape index (κ3) is 3.77. The first-order valence-electron chi connectivity index (χ1n) is 10.6. The van der Waals surface area contributed by atoms with Gasteiger partial charge in [0.25, 0.3) is 0 Å². The molecule has 0 aliphatic heterocycles. The predicted molar refractivity (Wildman–Crippen MR) is 126 cm³/mol. The molecule has 0 saturated carbocycles. The maximum Gasteiger partial charge on any atom is 0.167 e. The van der Waals surface area contributed by atoms with Crippen LogP contribution in [-0.4, -0.2) is 15.8 Å². The summed E-state index contributed by atoms with van der Waals surface area (Å²) in [6.07, 6.45) is 4.95. The number of pyridine rings is 1. The van der Waals surface area contributed by atoms with E-state index in [-0.39, 0.29) is 11.2 Å². The number of nitrogens with one attached hydrogen (secondary N) is 2. The Bertz CT molecular complexity index is 1220. The van der Waals surface area contributed by atoms with Crippen LogP contribution in [0.5, 0.6) is 0 Å². The van der Waals surface area contributed by atoms with E-state index in [0.29, 0.717) is 6.42 Å². The van der Waals surface area contributed by atoms with Crippen LogP contribution in [0.25, 0.3) is 22.4 Å². The topological polar surface area (TPSA) is 57.8 Å². The van der Waals surface area contributed by atoms with Gasteiger partial charge in [-0.2, -0.15) is 0 Å². The third-order valence-corrected chi connectivity index (χ3v) is 5.88. The number of Topliss-reactive ketones (excluding diaryl/α,β-unsaturated/α-hetero) is 1. The Morgan fingerprint density at radius 2 is 1.52 bits per heavy atom. The van der Waals surface area contributed by atoms with Crippen LogP contribution in [0.2, 0.25) is 0 Å². The van der Waals surface area contributed by atoms with Crippen LogP contribution in [0.3, 0.4) is 0 Å². The highest BCUT2D eigenvalue weighted by atomic mass is 16.1. The SMILES string of the molecule is CC1(C)CC(=O)c2c([nH]c(-c3ccncc3)c2Nc2ccc(-c3ccccc3)cc2)C1. The molecule has 154 valence electrons. The third-order valence-electron chi connectivity index (χ3n) is 5.88. The highest BCUT2D eigenvalue weighted by Crippen LogP contribution is 2.43. The first kappa shape index (κ1) is 19.3. The first-order chi connectivity index (χ1) is 15.0. The van der Waals surface area contributed by atoms with E-state index in [1.165, 1.54) is 5.56 Å². The van der Waals surface area contributed by atoms with Crippen molar-refractivity contribution < 1.29 is 4.79 Å². The van der Waals surface area contributed by atoms with Gasteiger partial charge >= 0.3 is 0 Å². The molecule has 0 atom stereocenters. The van der Waals surface area contributed by atoms with Gasteiger partial charge in [-0.25, -0.2) is 0 Å². The van der Waals surface area contributed by atoms with E-state index in [4.69, 9.17) is 0 Å². The van der Waals surface area contributed by atoms with Crippen molar-refractivity contribution in [1.82, 2.24) is 9.97 Å². The summed E-state index contributed by atoms with van der Waals surface area (Å²) < 4.78 is 0. The van der Waals surface area contributed by atoms with Crippen molar-refractivity contribution in [2.45, 2.75) is 26.7 Å². The van der Waals surface area contributed by atoms with E-state index >= 15 is 0 Å². The number of aromatic amines is 1. The van der Waals surface area contributed by atoms with Gasteiger partial charge in [-0.05, 0) is 47.2 Å². The molecule has 2 heterocycles. The minimum Gasteiger partial charge on any atom is -0.356 e. The number of ketones is 1. The van der Waals surface area contributed by atoms with Crippen molar-refractivity contribution in [2.75, 3.05) is 5.32 Å². The summed E-state index contributed by atoms with van der Waals surface area (Å²) in [7, 11) is 0. The van der Waals surface area contributed by atoms with Gasteiger partial charge in [0.05, 0.1) is 16.9 Å². The Labute approximate surface area is 182 Å². The molecular formula is C27H25N3O. The second kappa shape index (κ2) is 7.55. The van der Waals surface area contributed by atoms with Gasteiger partial charge in [-0.15, -0.1) is 0 Å². The number of nitrogens with zero attached hydrogens (tertiary/aromatic N) is 1. The van der Waals surface area contributed by atoms with Crippen molar-refractivity contribution in [1.29, 1.82) is 0 Å². The molecule has 4 aromatic rings. The molecule has 0 saturated heterocycles. The molecule has 0 unspecified atom stereocenters. The van der Waals surface area contributed by atoms with Gasteiger partial charge in [0, 0.05) is 35.8 Å². The lowest BCUT2D eigenvalue weighted by atomic mass is 9.76. The highest BCUT2D eigenvalue weighted by Gasteiger charge is 2.35. The second-order valence-electron chi connectivity index (χ2n) is 8.97. The Morgan fingerprint density at radius 1 is 0.839 bits per heavy atom. The average molecular weight is 408 g/mol. The summed E-state index contributed by atoms with van der Waals surface area (Å²) in [6.45, 7) is 4.30. The van der Waals surface area contributed by atoms with E-state index in [2.05, 4.69) is 65.5 Å². The second-order valence-corrected chi connectivity index (χ2v) is 8.97. The zero-order chi connectivity index (χ0) is 21.4. The van der Waals surface area contributed by atoms with Crippen molar-refractivity contribution in [3.8, 4) is 22.4 Å². The zero-order valence-electron chi connectivity index (χ0n) is 17.8. The molecule has 1 aliphatic carbocycles. The van der Waals surface area contributed by atoms with E-state index < -0.39 is 0 Å². The van der Waals surface area contributed by atoms with Crippen molar-refractivity contribution in [2.24, 2.45) is 5.41 Å². The fourth-order valence-corrected chi connectivity index (χ4v) is 4.44. The van der Waals surface area contributed by atoms with Crippen LogP contribution in [0, 0.1) is 5.41 Å². The number of fused-ring (bicyclic) bond motifs is 1. The summed E-state index contributed by atoms with van der Waals surface area (Å²) in [5.41, 5.74) is 7.86. The van der Waals surface area contributed by atoms with Crippen LogP contribution in [0.4, 0.5) is 11.4 Å². The van der Waals surface area contributed by atoms with Crippen LogP contribution in [-0.2, 0) is 6.42 Å². The minimum atomic E-state index is -0.0426. The molecular weight excluding hydrogens is 382 g/mol. The maximum atomic E-state index is 13.1. The average Bonchev–Trinajstić information content (AvgIpc) is 3.12. The molecule has 4 heteroatoms. The Hall–Kier alpha value is -3.66. The van der Waals surface area contributed by atoms with E-state index in [9.17, 15) is 4.79 Å². The molecule has 2 N–H and O–H groups in total. The number of carbonyl (C=O) groups excluding carboxylic acids is 1. The van der Waals surface area contributed by atoms with Crippen molar-refractivity contribution in [3.63, 3.8) is 0 Å². The zero-order valence-corrected chi connectivity index (χ0v) is 17.8. The maximum absolute atomic E-state index is 13.1. The van der Waals surface area contributed by atoms with Crippen molar-refractivity contribution in [3.05, 3.63) is 90.4 Å². The van der Waals surface area contributed by atoms with Crippen LogP contribution in [0.1, 0.15) is 36.3 Å². The smallest absolute Gasteiger partial charge is 0.167 e. The Morgan fingerprint density at radius 3 is 2.23 bits per heavy atom. The Balaban J connectivity index is 1.55. The van der Waals surface area contributed by atoms with Crippen LogP contribution in [0.15, 0.2) is 79.1 Å². The number of rotatable bonds is 4. The number of benzene rings is 2. The summed E-state index contributed by atoms with van der Waals surface area (Å²) in [5.74, 6) is 0.186. The quantitative estimate of drug-likeness (QED) is 0.398. The fraction of sp³-hybridized carbons (Fsp3) is 0.185. The molecule has 2 aromatic heterocycles. The van der Waals surface area contributed by atoms with Crippen LogP contribution < -0.4 is 5.32 Å². The summed E-state index contributed by atoms with van der Waals surface area (Å²) in [4.78, 5) is 20.8. The predicted octanol–water partition coefficient (Wildman–Crippen LogP) is 6.64. The normalized spacial score (nSPS) is 14.8. The lowest BCUT2D eigenvalue weighted by Crippen LogP contribution is -2.26.